The second-order valence-electron chi connectivity index (χ2n) is 7.96. The maximum absolute atomic E-state index is 12.9. The van der Waals surface area contributed by atoms with Crippen molar-refractivity contribution in [1.29, 1.82) is 0 Å². The highest BCUT2D eigenvalue weighted by atomic mass is 32.2. The van der Waals surface area contributed by atoms with Gasteiger partial charge in [-0.05, 0) is 58.0 Å². The number of aromatic nitrogens is 4. The van der Waals surface area contributed by atoms with Crippen LogP contribution in [0.25, 0.3) is 5.69 Å². The molecule has 0 amide bonds. The van der Waals surface area contributed by atoms with E-state index in [2.05, 4.69) is 36.4 Å². The van der Waals surface area contributed by atoms with Gasteiger partial charge < -0.3 is 4.57 Å². The Kier molecular flexibility index (Phi) is 6.39. The molecular weight excluding hydrogens is 394 g/mol. The quantitative estimate of drug-likeness (QED) is 0.421. The molecule has 0 atom stereocenters. The SMILES string of the molecule is Cc1cc(C(=O)CSc2nnc(CN3CCCCC3)n2-c2ccccc2)c(C)n1C. The predicted octanol–water partition coefficient (Wildman–Crippen LogP) is 4.18. The minimum Gasteiger partial charge on any atom is -0.351 e. The number of likely N-dealkylation sites (tertiary alicyclic amines) is 1. The average molecular weight is 424 g/mol. The van der Waals surface area contributed by atoms with E-state index in [1.54, 1.807) is 0 Å². The molecule has 158 valence electrons. The number of carbonyl (C=O) groups excluding carboxylic acids is 1. The molecule has 1 aliphatic rings. The van der Waals surface area contributed by atoms with E-state index >= 15 is 0 Å². The lowest BCUT2D eigenvalue weighted by molar-refractivity contribution is 0.102. The van der Waals surface area contributed by atoms with E-state index in [9.17, 15) is 4.79 Å². The van der Waals surface area contributed by atoms with E-state index in [0.29, 0.717) is 5.75 Å². The molecule has 0 bridgehead atoms. The van der Waals surface area contributed by atoms with Crippen LogP contribution in [0.2, 0.25) is 0 Å². The van der Waals surface area contributed by atoms with E-state index < -0.39 is 0 Å². The molecule has 6 nitrogen and oxygen atoms in total. The van der Waals surface area contributed by atoms with E-state index in [0.717, 1.165) is 53.3 Å². The van der Waals surface area contributed by atoms with Crippen molar-refractivity contribution in [3.63, 3.8) is 0 Å². The van der Waals surface area contributed by atoms with Crippen LogP contribution in [0.4, 0.5) is 0 Å². The highest BCUT2D eigenvalue weighted by Gasteiger charge is 2.20. The van der Waals surface area contributed by atoms with Crippen LogP contribution in [-0.4, -0.2) is 48.9 Å². The normalized spacial score (nSPS) is 14.9. The van der Waals surface area contributed by atoms with Crippen molar-refractivity contribution in [2.45, 2.75) is 44.8 Å². The summed E-state index contributed by atoms with van der Waals surface area (Å²) in [6, 6.07) is 12.2. The fourth-order valence-corrected chi connectivity index (χ4v) is 4.85. The Morgan fingerprint density at radius 3 is 2.47 bits per heavy atom. The summed E-state index contributed by atoms with van der Waals surface area (Å²) >= 11 is 1.46. The standard InChI is InChI=1S/C23H29N5OS/c1-17-14-20(18(2)26(17)3)21(29)16-30-23-25-24-22(15-27-12-8-5-9-13-27)28(23)19-10-6-4-7-11-19/h4,6-7,10-11,14H,5,8-9,12-13,15-16H2,1-3H3. The zero-order valence-electron chi connectivity index (χ0n) is 18.0. The van der Waals surface area contributed by atoms with Gasteiger partial charge in [-0.15, -0.1) is 10.2 Å². The fourth-order valence-electron chi connectivity index (χ4n) is 4.00. The van der Waals surface area contributed by atoms with Gasteiger partial charge in [0, 0.05) is 29.7 Å². The summed E-state index contributed by atoms with van der Waals surface area (Å²) in [7, 11) is 1.99. The molecule has 3 aromatic rings. The van der Waals surface area contributed by atoms with Gasteiger partial charge in [0.15, 0.2) is 16.8 Å². The molecule has 7 heteroatoms. The molecule has 0 aliphatic carbocycles. The van der Waals surface area contributed by atoms with Crippen molar-refractivity contribution >= 4 is 17.5 Å². The smallest absolute Gasteiger partial charge is 0.196 e. The van der Waals surface area contributed by atoms with Crippen molar-refractivity contribution < 1.29 is 4.79 Å². The van der Waals surface area contributed by atoms with Crippen LogP contribution in [0.5, 0.6) is 0 Å². The van der Waals surface area contributed by atoms with Crippen molar-refractivity contribution in [2.24, 2.45) is 7.05 Å². The number of aryl methyl sites for hydroxylation is 1. The number of Topliss-reactive ketones (excluding diaryl/α,β-unsaturated/α-hetero) is 1. The predicted molar refractivity (Wildman–Crippen MR) is 120 cm³/mol. The van der Waals surface area contributed by atoms with Crippen molar-refractivity contribution in [2.75, 3.05) is 18.8 Å². The molecule has 0 radical (unpaired) electrons. The molecule has 1 saturated heterocycles. The average Bonchev–Trinajstić information content (AvgIpc) is 3.29. The van der Waals surface area contributed by atoms with E-state index in [1.807, 2.05) is 45.2 Å². The Morgan fingerprint density at radius 1 is 1.07 bits per heavy atom. The minimum absolute atomic E-state index is 0.126. The maximum Gasteiger partial charge on any atom is 0.196 e. The first-order chi connectivity index (χ1) is 14.5. The number of thioether (sulfide) groups is 1. The fraction of sp³-hybridized carbons (Fsp3) is 0.435. The van der Waals surface area contributed by atoms with Crippen molar-refractivity contribution in [1.82, 2.24) is 24.2 Å². The summed E-state index contributed by atoms with van der Waals surface area (Å²) in [4.78, 5) is 15.3. The van der Waals surface area contributed by atoms with Crippen molar-refractivity contribution in [3.05, 3.63) is 59.2 Å². The summed E-state index contributed by atoms with van der Waals surface area (Å²) in [5, 5.41) is 9.74. The number of para-hydroxylation sites is 1. The molecule has 4 rings (SSSR count). The lowest BCUT2D eigenvalue weighted by Gasteiger charge is -2.26. The number of hydrogen-bond acceptors (Lipinski definition) is 5. The third kappa shape index (κ3) is 4.37. The number of rotatable bonds is 7. The second-order valence-corrected chi connectivity index (χ2v) is 8.90. The van der Waals surface area contributed by atoms with Crippen LogP contribution in [0.3, 0.4) is 0 Å². The van der Waals surface area contributed by atoms with Gasteiger partial charge in [-0.1, -0.05) is 36.4 Å². The number of ketones is 1. The number of carbonyl (C=O) groups is 1. The minimum atomic E-state index is 0.126. The van der Waals surface area contributed by atoms with Gasteiger partial charge in [0.1, 0.15) is 0 Å². The zero-order chi connectivity index (χ0) is 21.1. The number of nitrogens with zero attached hydrogens (tertiary/aromatic N) is 5. The Bertz CT molecular complexity index is 1020. The summed E-state index contributed by atoms with van der Waals surface area (Å²) in [6.07, 6.45) is 3.79. The summed E-state index contributed by atoms with van der Waals surface area (Å²) < 4.78 is 4.16. The highest BCUT2D eigenvalue weighted by Crippen LogP contribution is 2.25. The molecule has 3 heterocycles. The van der Waals surface area contributed by atoms with Gasteiger partial charge in [0.2, 0.25) is 0 Å². The summed E-state index contributed by atoms with van der Waals surface area (Å²) in [5.74, 6) is 1.41. The van der Waals surface area contributed by atoms with E-state index in [4.69, 9.17) is 0 Å². The molecule has 2 aromatic heterocycles. The van der Waals surface area contributed by atoms with Gasteiger partial charge in [0.25, 0.3) is 0 Å². The second kappa shape index (κ2) is 9.18. The number of piperidine rings is 1. The molecule has 0 unspecified atom stereocenters. The van der Waals surface area contributed by atoms with Gasteiger partial charge >= 0.3 is 0 Å². The Labute approximate surface area is 182 Å². The Hall–Kier alpha value is -2.38. The van der Waals surface area contributed by atoms with E-state index in [-0.39, 0.29) is 5.78 Å². The van der Waals surface area contributed by atoms with Gasteiger partial charge in [-0.25, -0.2) is 0 Å². The molecule has 30 heavy (non-hydrogen) atoms. The van der Waals surface area contributed by atoms with Crippen LogP contribution < -0.4 is 0 Å². The third-order valence-corrected chi connectivity index (χ3v) is 6.87. The van der Waals surface area contributed by atoms with Crippen LogP contribution in [-0.2, 0) is 13.6 Å². The molecular formula is C23H29N5OS. The number of hydrogen-bond donors (Lipinski definition) is 0. The Balaban J connectivity index is 1.56. The molecule has 0 spiro atoms. The highest BCUT2D eigenvalue weighted by molar-refractivity contribution is 7.99. The van der Waals surface area contributed by atoms with Gasteiger partial charge in [0.05, 0.1) is 12.3 Å². The van der Waals surface area contributed by atoms with Gasteiger partial charge in [-0.2, -0.15) is 0 Å². The molecule has 0 N–H and O–H groups in total. The summed E-state index contributed by atoms with van der Waals surface area (Å²) in [5.41, 5.74) is 3.93. The first kappa shape index (κ1) is 20.9. The van der Waals surface area contributed by atoms with Gasteiger partial charge in [-0.3, -0.25) is 14.3 Å². The molecule has 1 aromatic carbocycles. The summed E-state index contributed by atoms with van der Waals surface area (Å²) in [6.45, 7) is 7.02. The van der Waals surface area contributed by atoms with Crippen LogP contribution in [0.15, 0.2) is 41.6 Å². The lowest BCUT2D eigenvalue weighted by Crippen LogP contribution is -2.30. The molecule has 1 aliphatic heterocycles. The topological polar surface area (TPSA) is 56.0 Å². The monoisotopic (exact) mass is 423 g/mol. The lowest BCUT2D eigenvalue weighted by atomic mass is 10.1. The largest absolute Gasteiger partial charge is 0.351 e. The molecule has 0 saturated carbocycles. The number of benzene rings is 1. The van der Waals surface area contributed by atoms with E-state index in [1.165, 1.54) is 31.0 Å². The molecule has 1 fully saturated rings. The van der Waals surface area contributed by atoms with Crippen LogP contribution in [0, 0.1) is 13.8 Å². The zero-order valence-corrected chi connectivity index (χ0v) is 18.8. The van der Waals surface area contributed by atoms with Crippen molar-refractivity contribution in [3.8, 4) is 5.69 Å². The van der Waals surface area contributed by atoms with Crippen LogP contribution in [0.1, 0.15) is 46.8 Å². The maximum atomic E-state index is 12.9. The Morgan fingerprint density at radius 2 is 1.80 bits per heavy atom. The van der Waals surface area contributed by atoms with Crippen LogP contribution >= 0.6 is 11.8 Å². The third-order valence-electron chi connectivity index (χ3n) is 5.94. The first-order valence-corrected chi connectivity index (χ1v) is 11.5. The first-order valence-electron chi connectivity index (χ1n) is 10.6.